The maximum Gasteiger partial charge on any atom is 0.118 e. The van der Waals surface area contributed by atoms with E-state index in [1.54, 1.807) is 18.9 Å². The van der Waals surface area contributed by atoms with Crippen molar-refractivity contribution in [2.75, 3.05) is 18.2 Å². The standard InChI is InChI=1S/C17H14N2OS/c1-20-13-8-6-12(7-9-13)14(10-18)16-11-21-17-5-3-2-4-15(17)19-16/h2-9,19H,11H2,1H3. The van der Waals surface area contributed by atoms with Gasteiger partial charge in [0.05, 0.1) is 18.4 Å². The van der Waals surface area contributed by atoms with E-state index in [9.17, 15) is 5.26 Å². The lowest BCUT2D eigenvalue weighted by Crippen LogP contribution is -2.10. The summed E-state index contributed by atoms with van der Waals surface area (Å²) in [7, 11) is 1.63. The van der Waals surface area contributed by atoms with E-state index >= 15 is 0 Å². The van der Waals surface area contributed by atoms with Crippen molar-refractivity contribution in [2.24, 2.45) is 0 Å². The van der Waals surface area contributed by atoms with E-state index in [-0.39, 0.29) is 0 Å². The van der Waals surface area contributed by atoms with Gasteiger partial charge in [-0.25, -0.2) is 0 Å². The molecule has 2 aromatic carbocycles. The Kier molecular flexibility index (Phi) is 3.85. The number of fused-ring (bicyclic) bond motifs is 1. The molecule has 4 heteroatoms. The van der Waals surface area contributed by atoms with Gasteiger partial charge in [0.1, 0.15) is 11.8 Å². The lowest BCUT2D eigenvalue weighted by molar-refractivity contribution is 0.415. The first-order valence-corrected chi connectivity index (χ1v) is 7.57. The largest absolute Gasteiger partial charge is 0.497 e. The molecule has 3 rings (SSSR count). The number of para-hydroxylation sites is 1. The molecule has 0 spiro atoms. The average Bonchev–Trinajstić information content (AvgIpc) is 2.56. The molecular formula is C17H14N2OS. The Labute approximate surface area is 128 Å². The molecular weight excluding hydrogens is 280 g/mol. The van der Waals surface area contributed by atoms with Crippen molar-refractivity contribution < 1.29 is 4.74 Å². The second-order valence-corrected chi connectivity index (χ2v) is 5.62. The van der Waals surface area contributed by atoms with Crippen LogP contribution in [0.25, 0.3) is 5.57 Å². The van der Waals surface area contributed by atoms with Crippen LogP contribution in [0.3, 0.4) is 0 Å². The zero-order valence-electron chi connectivity index (χ0n) is 11.6. The lowest BCUT2D eigenvalue weighted by atomic mass is 10.0. The highest BCUT2D eigenvalue weighted by Gasteiger charge is 2.17. The number of nitrogens with zero attached hydrogens (tertiary/aromatic N) is 1. The number of nitrogens with one attached hydrogen (secondary N) is 1. The third kappa shape index (κ3) is 2.74. The number of allylic oxidation sites excluding steroid dienone is 1. The molecule has 0 saturated carbocycles. The van der Waals surface area contributed by atoms with E-state index in [2.05, 4.69) is 17.5 Å². The number of benzene rings is 2. The van der Waals surface area contributed by atoms with Crippen LogP contribution in [-0.2, 0) is 0 Å². The highest BCUT2D eigenvalue weighted by Crippen LogP contribution is 2.36. The van der Waals surface area contributed by atoms with Gasteiger partial charge in [0.2, 0.25) is 0 Å². The van der Waals surface area contributed by atoms with Gasteiger partial charge < -0.3 is 10.1 Å². The Morgan fingerprint density at radius 2 is 1.95 bits per heavy atom. The third-order valence-electron chi connectivity index (χ3n) is 3.34. The molecule has 1 heterocycles. The Morgan fingerprint density at radius 3 is 2.67 bits per heavy atom. The maximum atomic E-state index is 9.52. The Hall–Kier alpha value is -2.38. The minimum absolute atomic E-state index is 0.680. The molecule has 0 radical (unpaired) electrons. The van der Waals surface area contributed by atoms with Gasteiger partial charge in [-0.3, -0.25) is 0 Å². The van der Waals surface area contributed by atoms with Gasteiger partial charge in [-0.05, 0) is 42.0 Å². The van der Waals surface area contributed by atoms with Gasteiger partial charge in [0.25, 0.3) is 0 Å². The van der Waals surface area contributed by atoms with Gasteiger partial charge in [-0.1, -0.05) is 12.1 Å². The average molecular weight is 294 g/mol. The highest BCUT2D eigenvalue weighted by molar-refractivity contribution is 7.99. The van der Waals surface area contributed by atoms with Crippen LogP contribution in [0.2, 0.25) is 0 Å². The van der Waals surface area contributed by atoms with Crippen LogP contribution in [0.1, 0.15) is 5.56 Å². The van der Waals surface area contributed by atoms with Crippen LogP contribution in [0, 0.1) is 11.3 Å². The molecule has 21 heavy (non-hydrogen) atoms. The van der Waals surface area contributed by atoms with E-state index in [1.165, 1.54) is 4.90 Å². The number of rotatable bonds is 2. The maximum absolute atomic E-state index is 9.52. The number of thioether (sulfide) groups is 1. The normalized spacial score (nSPS) is 15.4. The van der Waals surface area contributed by atoms with Crippen molar-refractivity contribution in [3.8, 4) is 11.8 Å². The van der Waals surface area contributed by atoms with Gasteiger partial charge in [-0.15, -0.1) is 11.8 Å². The van der Waals surface area contributed by atoms with E-state index in [0.717, 1.165) is 28.5 Å². The van der Waals surface area contributed by atoms with E-state index < -0.39 is 0 Å². The Bertz CT molecular complexity index is 729. The van der Waals surface area contributed by atoms with Crippen molar-refractivity contribution in [2.45, 2.75) is 4.90 Å². The number of anilines is 1. The van der Waals surface area contributed by atoms with Gasteiger partial charge >= 0.3 is 0 Å². The molecule has 1 aliphatic heterocycles. The topological polar surface area (TPSA) is 45.0 Å². The van der Waals surface area contributed by atoms with Crippen molar-refractivity contribution in [3.05, 3.63) is 59.8 Å². The van der Waals surface area contributed by atoms with Crippen molar-refractivity contribution in [1.82, 2.24) is 0 Å². The van der Waals surface area contributed by atoms with Gasteiger partial charge in [0.15, 0.2) is 0 Å². The fraction of sp³-hybridized carbons (Fsp3) is 0.118. The first kappa shape index (κ1) is 13.6. The second-order valence-electron chi connectivity index (χ2n) is 4.60. The summed E-state index contributed by atoms with van der Waals surface area (Å²) in [6, 6.07) is 18.0. The number of hydrogen-bond donors (Lipinski definition) is 1. The number of nitriles is 1. The summed E-state index contributed by atoms with van der Waals surface area (Å²) >= 11 is 1.75. The molecule has 0 amide bonds. The Balaban J connectivity index is 1.97. The van der Waals surface area contributed by atoms with Gasteiger partial charge in [0, 0.05) is 16.3 Å². The Morgan fingerprint density at radius 1 is 1.19 bits per heavy atom. The monoisotopic (exact) mass is 294 g/mol. The van der Waals surface area contributed by atoms with Crippen molar-refractivity contribution in [3.63, 3.8) is 0 Å². The predicted molar refractivity (Wildman–Crippen MR) is 86.3 cm³/mol. The number of ether oxygens (including phenoxy) is 1. The van der Waals surface area contributed by atoms with Crippen molar-refractivity contribution >= 4 is 23.0 Å². The van der Waals surface area contributed by atoms with Crippen LogP contribution in [-0.4, -0.2) is 12.9 Å². The molecule has 0 saturated heterocycles. The highest BCUT2D eigenvalue weighted by atomic mass is 32.2. The minimum atomic E-state index is 0.680. The summed E-state index contributed by atoms with van der Waals surface area (Å²) in [5.74, 6) is 1.56. The molecule has 1 aliphatic rings. The molecule has 3 nitrogen and oxygen atoms in total. The minimum Gasteiger partial charge on any atom is -0.497 e. The fourth-order valence-electron chi connectivity index (χ4n) is 2.24. The van der Waals surface area contributed by atoms with Crippen LogP contribution >= 0.6 is 11.8 Å². The second kappa shape index (κ2) is 5.94. The quantitative estimate of drug-likeness (QED) is 0.845. The van der Waals surface area contributed by atoms with Gasteiger partial charge in [-0.2, -0.15) is 5.26 Å². The van der Waals surface area contributed by atoms with Crippen LogP contribution in [0.15, 0.2) is 59.1 Å². The molecule has 104 valence electrons. The molecule has 0 aromatic heterocycles. The summed E-state index contributed by atoms with van der Waals surface area (Å²) in [6.45, 7) is 0. The van der Waals surface area contributed by atoms with Crippen LogP contribution in [0.5, 0.6) is 5.75 Å². The van der Waals surface area contributed by atoms with Crippen molar-refractivity contribution in [1.29, 1.82) is 5.26 Å². The van der Waals surface area contributed by atoms with Crippen LogP contribution < -0.4 is 10.1 Å². The molecule has 0 bridgehead atoms. The zero-order valence-corrected chi connectivity index (χ0v) is 12.4. The summed E-state index contributed by atoms with van der Waals surface area (Å²) in [5.41, 5.74) is 3.59. The zero-order chi connectivity index (χ0) is 14.7. The first-order chi connectivity index (χ1) is 10.3. The third-order valence-corrected chi connectivity index (χ3v) is 4.44. The summed E-state index contributed by atoms with van der Waals surface area (Å²) < 4.78 is 5.16. The predicted octanol–water partition coefficient (Wildman–Crippen LogP) is 4.15. The first-order valence-electron chi connectivity index (χ1n) is 6.58. The SMILES string of the molecule is COc1ccc(C(C#N)=C2CSc3ccccc3N2)cc1. The summed E-state index contributed by atoms with van der Waals surface area (Å²) in [5, 5.41) is 12.9. The molecule has 0 unspecified atom stereocenters. The molecule has 0 aliphatic carbocycles. The molecule has 0 atom stereocenters. The smallest absolute Gasteiger partial charge is 0.118 e. The summed E-state index contributed by atoms with van der Waals surface area (Å²) in [6.07, 6.45) is 0. The fourth-order valence-corrected chi connectivity index (χ4v) is 3.21. The molecule has 1 N–H and O–H groups in total. The van der Waals surface area contributed by atoms with E-state index in [0.29, 0.717) is 5.57 Å². The number of methoxy groups -OCH3 is 1. The van der Waals surface area contributed by atoms with E-state index in [4.69, 9.17) is 4.74 Å². The molecule has 2 aromatic rings. The molecule has 0 fully saturated rings. The number of hydrogen-bond acceptors (Lipinski definition) is 4. The van der Waals surface area contributed by atoms with E-state index in [1.807, 2.05) is 42.5 Å². The van der Waals surface area contributed by atoms with Crippen LogP contribution in [0.4, 0.5) is 5.69 Å². The summed E-state index contributed by atoms with van der Waals surface area (Å²) in [4.78, 5) is 1.22. The lowest BCUT2D eigenvalue weighted by Gasteiger charge is -2.21.